The molecular weight excluding hydrogens is 158 g/mol. The van der Waals surface area contributed by atoms with Crippen LogP contribution in [0.5, 0.6) is 0 Å². The Morgan fingerprint density at radius 3 is 2.62 bits per heavy atom. The van der Waals surface area contributed by atoms with Crippen LogP contribution in [0.4, 0.5) is 0 Å². The molecule has 1 heteroatoms. The molecule has 0 aromatic carbocycles. The van der Waals surface area contributed by atoms with Crippen molar-refractivity contribution in [2.75, 3.05) is 6.54 Å². The minimum atomic E-state index is 0.821. The first kappa shape index (κ1) is 11.0. The lowest BCUT2D eigenvalue weighted by Gasteiger charge is -2.35. The SMILES string of the molecule is CCCC1CC(C)CCC1NCC. The fourth-order valence-electron chi connectivity index (χ4n) is 2.72. The Morgan fingerprint density at radius 1 is 1.23 bits per heavy atom. The summed E-state index contributed by atoms with van der Waals surface area (Å²) in [5.41, 5.74) is 0. The monoisotopic (exact) mass is 183 g/mol. The quantitative estimate of drug-likeness (QED) is 0.706. The van der Waals surface area contributed by atoms with Gasteiger partial charge in [-0.3, -0.25) is 0 Å². The lowest BCUT2D eigenvalue weighted by molar-refractivity contribution is 0.204. The molecule has 13 heavy (non-hydrogen) atoms. The maximum absolute atomic E-state index is 3.64. The van der Waals surface area contributed by atoms with Crippen molar-refractivity contribution in [2.24, 2.45) is 11.8 Å². The third-order valence-corrected chi connectivity index (χ3v) is 3.37. The molecule has 1 nitrogen and oxygen atoms in total. The molecule has 1 saturated carbocycles. The van der Waals surface area contributed by atoms with Gasteiger partial charge in [-0.25, -0.2) is 0 Å². The van der Waals surface area contributed by atoms with Gasteiger partial charge in [0.2, 0.25) is 0 Å². The molecule has 0 aromatic heterocycles. The van der Waals surface area contributed by atoms with E-state index in [9.17, 15) is 0 Å². The minimum absolute atomic E-state index is 0.821. The molecule has 78 valence electrons. The smallest absolute Gasteiger partial charge is 0.00954 e. The van der Waals surface area contributed by atoms with Crippen LogP contribution in [0.1, 0.15) is 52.9 Å². The molecule has 1 rings (SSSR count). The third kappa shape index (κ3) is 3.30. The van der Waals surface area contributed by atoms with Gasteiger partial charge in [0, 0.05) is 6.04 Å². The van der Waals surface area contributed by atoms with Gasteiger partial charge in [-0.05, 0) is 44.1 Å². The van der Waals surface area contributed by atoms with Gasteiger partial charge in [0.1, 0.15) is 0 Å². The van der Waals surface area contributed by atoms with E-state index in [4.69, 9.17) is 0 Å². The summed E-state index contributed by atoms with van der Waals surface area (Å²) >= 11 is 0. The summed E-state index contributed by atoms with van der Waals surface area (Å²) in [7, 11) is 0. The van der Waals surface area contributed by atoms with Crippen LogP contribution in [0.3, 0.4) is 0 Å². The fourth-order valence-corrected chi connectivity index (χ4v) is 2.72. The number of nitrogens with one attached hydrogen (secondary N) is 1. The summed E-state index contributed by atoms with van der Waals surface area (Å²) in [5.74, 6) is 1.92. The van der Waals surface area contributed by atoms with Gasteiger partial charge in [0.15, 0.2) is 0 Å². The number of hydrogen-bond donors (Lipinski definition) is 1. The fraction of sp³-hybridized carbons (Fsp3) is 1.00. The Bertz CT molecular complexity index is 133. The van der Waals surface area contributed by atoms with Crippen molar-refractivity contribution in [3.63, 3.8) is 0 Å². The van der Waals surface area contributed by atoms with Crippen LogP contribution in [0.25, 0.3) is 0 Å². The second-order valence-corrected chi connectivity index (χ2v) is 4.63. The predicted octanol–water partition coefficient (Wildman–Crippen LogP) is 3.20. The van der Waals surface area contributed by atoms with E-state index in [-0.39, 0.29) is 0 Å². The van der Waals surface area contributed by atoms with Crippen LogP contribution >= 0.6 is 0 Å². The molecule has 0 heterocycles. The molecule has 0 spiro atoms. The van der Waals surface area contributed by atoms with Crippen molar-refractivity contribution in [3.8, 4) is 0 Å². The Labute approximate surface area is 83.3 Å². The minimum Gasteiger partial charge on any atom is -0.314 e. The van der Waals surface area contributed by atoms with Crippen molar-refractivity contribution in [1.29, 1.82) is 0 Å². The molecule has 1 N–H and O–H groups in total. The Hall–Kier alpha value is -0.0400. The summed E-state index contributed by atoms with van der Waals surface area (Å²) in [6.45, 7) is 8.08. The standard InChI is InChI=1S/C12H25N/c1-4-6-11-9-10(3)7-8-12(11)13-5-2/h10-13H,4-9H2,1-3H3. The molecule has 0 radical (unpaired) electrons. The van der Waals surface area contributed by atoms with Gasteiger partial charge in [0.05, 0.1) is 0 Å². The molecular formula is C12H25N. The lowest BCUT2D eigenvalue weighted by atomic mass is 9.77. The van der Waals surface area contributed by atoms with E-state index in [1.165, 1.54) is 32.1 Å². The first-order valence-corrected chi connectivity index (χ1v) is 6.01. The molecule has 1 aliphatic carbocycles. The summed E-state index contributed by atoms with van der Waals surface area (Å²) in [4.78, 5) is 0. The van der Waals surface area contributed by atoms with Crippen molar-refractivity contribution < 1.29 is 0 Å². The predicted molar refractivity (Wildman–Crippen MR) is 58.9 cm³/mol. The molecule has 1 fully saturated rings. The molecule has 0 bridgehead atoms. The van der Waals surface area contributed by atoms with E-state index in [0.29, 0.717) is 0 Å². The Kier molecular flexibility index (Phi) is 4.79. The van der Waals surface area contributed by atoms with Gasteiger partial charge >= 0.3 is 0 Å². The van der Waals surface area contributed by atoms with E-state index in [2.05, 4.69) is 26.1 Å². The Balaban J connectivity index is 2.40. The van der Waals surface area contributed by atoms with Crippen LogP contribution < -0.4 is 5.32 Å². The topological polar surface area (TPSA) is 12.0 Å². The van der Waals surface area contributed by atoms with Crippen molar-refractivity contribution in [3.05, 3.63) is 0 Å². The highest BCUT2D eigenvalue weighted by atomic mass is 14.9. The van der Waals surface area contributed by atoms with E-state index < -0.39 is 0 Å². The summed E-state index contributed by atoms with van der Waals surface area (Å²) in [6, 6.07) is 0.821. The maximum atomic E-state index is 3.64. The van der Waals surface area contributed by atoms with Crippen molar-refractivity contribution in [1.82, 2.24) is 5.32 Å². The first-order chi connectivity index (χ1) is 6.27. The molecule has 0 aromatic rings. The normalized spacial score (nSPS) is 34.8. The summed E-state index contributed by atoms with van der Waals surface area (Å²) < 4.78 is 0. The molecule has 3 unspecified atom stereocenters. The van der Waals surface area contributed by atoms with Crippen LogP contribution in [0, 0.1) is 11.8 Å². The van der Waals surface area contributed by atoms with Gasteiger partial charge < -0.3 is 5.32 Å². The molecule has 0 amide bonds. The highest BCUT2D eigenvalue weighted by molar-refractivity contribution is 4.82. The molecule has 0 saturated heterocycles. The van der Waals surface area contributed by atoms with Gasteiger partial charge in [-0.15, -0.1) is 0 Å². The average molecular weight is 183 g/mol. The highest BCUT2D eigenvalue weighted by Gasteiger charge is 2.26. The maximum Gasteiger partial charge on any atom is 0.00954 e. The Morgan fingerprint density at radius 2 is 2.00 bits per heavy atom. The second-order valence-electron chi connectivity index (χ2n) is 4.63. The first-order valence-electron chi connectivity index (χ1n) is 6.01. The van der Waals surface area contributed by atoms with Crippen molar-refractivity contribution >= 4 is 0 Å². The second kappa shape index (κ2) is 5.64. The lowest BCUT2D eigenvalue weighted by Crippen LogP contribution is -2.40. The largest absolute Gasteiger partial charge is 0.314 e. The molecule has 3 atom stereocenters. The zero-order valence-electron chi connectivity index (χ0n) is 9.47. The third-order valence-electron chi connectivity index (χ3n) is 3.37. The average Bonchev–Trinajstić information content (AvgIpc) is 2.10. The van der Waals surface area contributed by atoms with Crippen LogP contribution in [-0.2, 0) is 0 Å². The van der Waals surface area contributed by atoms with Gasteiger partial charge in [0.25, 0.3) is 0 Å². The number of hydrogen-bond acceptors (Lipinski definition) is 1. The van der Waals surface area contributed by atoms with E-state index in [0.717, 1.165) is 24.4 Å². The van der Waals surface area contributed by atoms with Crippen LogP contribution in [0.2, 0.25) is 0 Å². The summed E-state index contributed by atoms with van der Waals surface area (Å²) in [5, 5.41) is 3.64. The van der Waals surface area contributed by atoms with E-state index in [1.54, 1.807) is 0 Å². The zero-order chi connectivity index (χ0) is 9.68. The van der Waals surface area contributed by atoms with E-state index >= 15 is 0 Å². The molecule has 0 aliphatic heterocycles. The summed E-state index contributed by atoms with van der Waals surface area (Å²) in [6.07, 6.45) is 7.05. The highest BCUT2D eigenvalue weighted by Crippen LogP contribution is 2.31. The zero-order valence-corrected chi connectivity index (χ0v) is 9.47. The van der Waals surface area contributed by atoms with Crippen LogP contribution in [0.15, 0.2) is 0 Å². The number of rotatable bonds is 4. The molecule has 1 aliphatic rings. The van der Waals surface area contributed by atoms with E-state index in [1.807, 2.05) is 0 Å². The van der Waals surface area contributed by atoms with Gasteiger partial charge in [-0.1, -0.05) is 27.2 Å². The van der Waals surface area contributed by atoms with Crippen LogP contribution in [-0.4, -0.2) is 12.6 Å². The van der Waals surface area contributed by atoms with Gasteiger partial charge in [-0.2, -0.15) is 0 Å². The van der Waals surface area contributed by atoms with Crippen molar-refractivity contribution in [2.45, 2.75) is 58.9 Å².